The number of amides is 1. The monoisotopic (exact) mass is 497 g/mol. The van der Waals surface area contributed by atoms with E-state index in [0.717, 1.165) is 37.1 Å². The highest BCUT2D eigenvalue weighted by atomic mass is 16.6. The summed E-state index contributed by atoms with van der Waals surface area (Å²) in [4.78, 5) is 40.4. The standard InChI is InChI=1S/C26H31N3O7/c1-17-6-9-27(10-7-17)22-5-4-20(29(32)33)14-21(22)26(31)36-16-25(30)28-11-8-18-12-23(34-2)24(35-3)13-19(18)15-28/h4-5,12-14,17H,6-11,15-16H2,1-3H3. The minimum absolute atomic E-state index is 0.104. The molecule has 1 amide bonds. The summed E-state index contributed by atoms with van der Waals surface area (Å²) in [6.07, 6.45) is 2.58. The normalized spacial score (nSPS) is 15.8. The van der Waals surface area contributed by atoms with Gasteiger partial charge in [0.15, 0.2) is 18.1 Å². The second-order valence-corrected chi connectivity index (χ2v) is 9.25. The number of anilines is 1. The minimum Gasteiger partial charge on any atom is -0.493 e. The van der Waals surface area contributed by atoms with Gasteiger partial charge in [0.1, 0.15) is 0 Å². The molecule has 0 bridgehead atoms. The van der Waals surface area contributed by atoms with Crippen molar-refractivity contribution in [2.24, 2.45) is 5.92 Å². The predicted molar refractivity (Wildman–Crippen MR) is 133 cm³/mol. The second-order valence-electron chi connectivity index (χ2n) is 9.25. The first-order chi connectivity index (χ1) is 17.3. The van der Waals surface area contributed by atoms with Gasteiger partial charge in [-0.1, -0.05) is 6.92 Å². The lowest BCUT2D eigenvalue weighted by Gasteiger charge is -2.33. The number of piperidine rings is 1. The fourth-order valence-electron chi connectivity index (χ4n) is 4.72. The first-order valence-electron chi connectivity index (χ1n) is 12.0. The van der Waals surface area contributed by atoms with Gasteiger partial charge >= 0.3 is 5.97 Å². The molecule has 2 aliphatic rings. The molecule has 2 aromatic carbocycles. The summed E-state index contributed by atoms with van der Waals surface area (Å²) < 4.78 is 16.1. The van der Waals surface area contributed by atoms with Crippen molar-refractivity contribution >= 4 is 23.3 Å². The van der Waals surface area contributed by atoms with Gasteiger partial charge in [0, 0.05) is 38.3 Å². The topological polar surface area (TPSA) is 111 Å². The maximum atomic E-state index is 13.0. The largest absolute Gasteiger partial charge is 0.493 e. The molecule has 1 saturated heterocycles. The number of hydrogen-bond donors (Lipinski definition) is 0. The van der Waals surface area contributed by atoms with Crippen LogP contribution in [0.1, 0.15) is 41.3 Å². The van der Waals surface area contributed by atoms with Crippen molar-refractivity contribution in [1.82, 2.24) is 4.90 Å². The molecule has 0 unspecified atom stereocenters. The number of benzene rings is 2. The van der Waals surface area contributed by atoms with Crippen molar-refractivity contribution in [2.45, 2.75) is 32.7 Å². The number of hydrogen-bond acceptors (Lipinski definition) is 8. The van der Waals surface area contributed by atoms with Crippen LogP contribution in [0.4, 0.5) is 11.4 Å². The summed E-state index contributed by atoms with van der Waals surface area (Å²) in [5.74, 6) is 0.735. The van der Waals surface area contributed by atoms with E-state index in [1.165, 1.54) is 12.1 Å². The number of fused-ring (bicyclic) bond motifs is 1. The zero-order valence-corrected chi connectivity index (χ0v) is 20.8. The van der Waals surface area contributed by atoms with E-state index in [1.807, 2.05) is 17.0 Å². The molecule has 4 rings (SSSR count). The summed E-state index contributed by atoms with van der Waals surface area (Å²) in [6.45, 7) is 4.08. The number of nitrogens with zero attached hydrogens (tertiary/aromatic N) is 3. The molecule has 0 spiro atoms. The van der Waals surface area contributed by atoms with E-state index in [-0.39, 0.29) is 17.2 Å². The molecule has 0 aliphatic carbocycles. The highest BCUT2D eigenvalue weighted by Crippen LogP contribution is 2.33. The summed E-state index contributed by atoms with van der Waals surface area (Å²) >= 11 is 0. The smallest absolute Gasteiger partial charge is 0.341 e. The summed E-state index contributed by atoms with van der Waals surface area (Å²) in [6, 6.07) is 7.99. The zero-order chi connectivity index (χ0) is 25.8. The first kappa shape index (κ1) is 25.3. The molecule has 0 N–H and O–H groups in total. The van der Waals surface area contributed by atoms with Crippen LogP contribution in [0.5, 0.6) is 11.5 Å². The van der Waals surface area contributed by atoms with E-state index >= 15 is 0 Å². The van der Waals surface area contributed by atoms with Crippen LogP contribution in [-0.2, 0) is 22.5 Å². The van der Waals surface area contributed by atoms with Crippen molar-refractivity contribution in [3.05, 3.63) is 57.1 Å². The van der Waals surface area contributed by atoms with Crippen LogP contribution in [0.2, 0.25) is 0 Å². The molecule has 0 saturated carbocycles. The van der Waals surface area contributed by atoms with Crippen LogP contribution >= 0.6 is 0 Å². The van der Waals surface area contributed by atoms with E-state index in [1.54, 1.807) is 25.2 Å². The lowest BCUT2D eigenvalue weighted by atomic mass is 9.98. The highest BCUT2D eigenvalue weighted by molar-refractivity contribution is 5.97. The van der Waals surface area contributed by atoms with Crippen molar-refractivity contribution in [3.63, 3.8) is 0 Å². The Labute approximate surface area is 209 Å². The molecule has 2 heterocycles. The van der Waals surface area contributed by atoms with E-state index in [2.05, 4.69) is 6.92 Å². The fraction of sp³-hybridized carbons (Fsp3) is 0.462. The Balaban J connectivity index is 1.45. The van der Waals surface area contributed by atoms with E-state index in [0.29, 0.717) is 42.6 Å². The van der Waals surface area contributed by atoms with E-state index < -0.39 is 17.5 Å². The number of non-ortho nitro benzene ring substituents is 1. The van der Waals surface area contributed by atoms with Gasteiger partial charge < -0.3 is 24.0 Å². The van der Waals surface area contributed by atoms with E-state index in [9.17, 15) is 19.7 Å². The first-order valence-corrected chi connectivity index (χ1v) is 12.0. The number of rotatable bonds is 7. The molecule has 2 aliphatic heterocycles. The Kier molecular flexibility index (Phi) is 7.61. The fourth-order valence-corrected chi connectivity index (χ4v) is 4.72. The maximum absolute atomic E-state index is 13.0. The van der Waals surface area contributed by atoms with Crippen molar-refractivity contribution in [3.8, 4) is 11.5 Å². The number of esters is 1. The molecule has 0 atom stereocenters. The zero-order valence-electron chi connectivity index (χ0n) is 20.8. The number of nitro benzene ring substituents is 1. The van der Waals surface area contributed by atoms with Crippen LogP contribution in [-0.4, -0.2) is 62.2 Å². The SMILES string of the molecule is COc1cc2c(cc1OC)CN(C(=O)COC(=O)c1cc([N+](=O)[O-])ccc1N1CCC(C)CC1)CC2. The third-order valence-electron chi connectivity index (χ3n) is 6.93. The molecular weight excluding hydrogens is 466 g/mol. The van der Waals surface area contributed by atoms with Gasteiger partial charge in [0.05, 0.1) is 30.4 Å². The molecule has 0 aromatic heterocycles. The van der Waals surface area contributed by atoms with Gasteiger partial charge in [0.2, 0.25) is 0 Å². The molecule has 10 nitrogen and oxygen atoms in total. The quantitative estimate of drug-likeness (QED) is 0.324. The van der Waals surface area contributed by atoms with Crippen molar-refractivity contribution < 1.29 is 28.7 Å². The third-order valence-corrected chi connectivity index (χ3v) is 6.93. The number of carbonyl (C=O) groups is 2. The van der Waals surface area contributed by atoms with Crippen LogP contribution < -0.4 is 14.4 Å². The van der Waals surface area contributed by atoms with Gasteiger partial charge in [-0.3, -0.25) is 14.9 Å². The molecule has 2 aromatic rings. The average molecular weight is 498 g/mol. The van der Waals surface area contributed by atoms with Crippen LogP contribution in [0.15, 0.2) is 30.3 Å². The van der Waals surface area contributed by atoms with Crippen LogP contribution in [0, 0.1) is 16.0 Å². The van der Waals surface area contributed by atoms with Gasteiger partial charge in [-0.2, -0.15) is 0 Å². The maximum Gasteiger partial charge on any atom is 0.341 e. The Morgan fingerprint density at radius 3 is 2.33 bits per heavy atom. The number of methoxy groups -OCH3 is 2. The summed E-state index contributed by atoms with van der Waals surface area (Å²) in [7, 11) is 3.14. The molecule has 36 heavy (non-hydrogen) atoms. The summed E-state index contributed by atoms with van der Waals surface area (Å²) in [5, 5.41) is 11.3. The Morgan fingerprint density at radius 2 is 1.69 bits per heavy atom. The van der Waals surface area contributed by atoms with Crippen molar-refractivity contribution in [2.75, 3.05) is 45.4 Å². The number of carbonyl (C=O) groups excluding carboxylic acids is 2. The molecule has 10 heteroatoms. The molecule has 0 radical (unpaired) electrons. The van der Waals surface area contributed by atoms with Crippen LogP contribution in [0.3, 0.4) is 0 Å². The lowest BCUT2D eigenvalue weighted by molar-refractivity contribution is -0.384. The van der Waals surface area contributed by atoms with Gasteiger partial charge in [-0.25, -0.2) is 4.79 Å². The minimum atomic E-state index is -0.746. The average Bonchev–Trinajstić information content (AvgIpc) is 2.90. The van der Waals surface area contributed by atoms with Crippen LogP contribution in [0.25, 0.3) is 0 Å². The Morgan fingerprint density at radius 1 is 1.03 bits per heavy atom. The number of nitro groups is 1. The Hall–Kier alpha value is -3.82. The summed E-state index contributed by atoms with van der Waals surface area (Å²) in [5.41, 5.74) is 2.52. The lowest BCUT2D eigenvalue weighted by Crippen LogP contribution is -2.38. The molecular formula is C26H31N3O7. The predicted octanol–water partition coefficient (Wildman–Crippen LogP) is 3.59. The highest BCUT2D eigenvalue weighted by Gasteiger charge is 2.27. The Bertz CT molecular complexity index is 1160. The van der Waals surface area contributed by atoms with Gasteiger partial charge in [0.25, 0.3) is 11.6 Å². The van der Waals surface area contributed by atoms with Gasteiger partial charge in [-0.05, 0) is 54.5 Å². The van der Waals surface area contributed by atoms with Crippen molar-refractivity contribution in [1.29, 1.82) is 0 Å². The van der Waals surface area contributed by atoms with E-state index in [4.69, 9.17) is 14.2 Å². The van der Waals surface area contributed by atoms with Gasteiger partial charge in [-0.15, -0.1) is 0 Å². The second kappa shape index (κ2) is 10.8. The molecule has 1 fully saturated rings. The molecule has 192 valence electrons. The third kappa shape index (κ3) is 5.37. The number of ether oxygens (including phenoxy) is 3.